The number of phenols is 1. The molecule has 0 aliphatic carbocycles. The van der Waals surface area contributed by atoms with Crippen molar-refractivity contribution in [2.45, 2.75) is 31.7 Å². The number of carboxylic acids is 1. The number of carboxylic acid groups (broad SMARTS) is 1. The minimum Gasteiger partial charge on any atom is -0.508 e. The van der Waals surface area contributed by atoms with Crippen LogP contribution in [0.5, 0.6) is 5.75 Å². The first-order chi connectivity index (χ1) is 19.7. The zero-order valence-corrected chi connectivity index (χ0v) is 23.6. The Bertz CT molecular complexity index is 1740. The molecule has 0 aliphatic heterocycles. The molecule has 0 saturated carbocycles. The second-order valence-electron chi connectivity index (χ2n) is 9.32. The van der Waals surface area contributed by atoms with Crippen LogP contribution < -0.4 is 0 Å². The third kappa shape index (κ3) is 6.91. The third-order valence-corrected chi connectivity index (χ3v) is 7.49. The van der Waals surface area contributed by atoms with Gasteiger partial charge in [-0.05, 0) is 67.6 Å². The van der Waals surface area contributed by atoms with Crippen molar-refractivity contribution in [1.82, 2.24) is 4.57 Å². The van der Waals surface area contributed by atoms with E-state index >= 15 is 0 Å². The minimum absolute atomic E-state index is 0.0416. The molecule has 0 saturated heterocycles. The van der Waals surface area contributed by atoms with E-state index in [1.54, 1.807) is 30.0 Å². The molecule has 1 aromatic heterocycles. The quantitative estimate of drug-likeness (QED) is 0.0984. The van der Waals surface area contributed by atoms with Gasteiger partial charge in [0.15, 0.2) is 5.78 Å². The van der Waals surface area contributed by atoms with Gasteiger partial charge < -0.3 is 20.2 Å². The van der Waals surface area contributed by atoms with Crippen LogP contribution in [0.2, 0.25) is 0 Å². The number of hydrogen-bond donors (Lipinski definition) is 3. The molecule has 0 atom stereocenters. The van der Waals surface area contributed by atoms with Crippen LogP contribution in [0.1, 0.15) is 46.5 Å². The molecule has 4 aromatic carbocycles. The molecule has 7 nitrogen and oxygen atoms in total. The van der Waals surface area contributed by atoms with Gasteiger partial charge in [0.05, 0.1) is 5.71 Å². The van der Waals surface area contributed by atoms with Gasteiger partial charge in [0.1, 0.15) is 5.75 Å². The number of phenolic OH excluding ortho intramolecular Hbond substituents is 1. The summed E-state index contributed by atoms with van der Waals surface area (Å²) in [5.74, 6) is -0.358. The standard InChI is InChI=1S/C31H26N2O3S.C2H4O2/c1-2-33-28-14-8-21(30(35)20-6-4-3-5-7-20)18-25(28)26-19-22(9-15-29(26)33)31(36)27(32)16-17-37-24-12-10-23(34)11-13-24;1-2(3)4/h3-15,18-19,32,34H,2,16-17H2,1H3;1H3,(H,3,4). The molecule has 0 aliphatic rings. The number of benzene rings is 4. The van der Waals surface area contributed by atoms with Crippen LogP contribution in [0.25, 0.3) is 21.8 Å². The van der Waals surface area contributed by atoms with E-state index < -0.39 is 5.97 Å². The fourth-order valence-corrected chi connectivity index (χ4v) is 5.45. The third-order valence-electron chi connectivity index (χ3n) is 6.47. The van der Waals surface area contributed by atoms with E-state index in [0.29, 0.717) is 28.9 Å². The van der Waals surface area contributed by atoms with Crippen molar-refractivity contribution in [2.75, 3.05) is 5.75 Å². The molecule has 8 heteroatoms. The summed E-state index contributed by atoms with van der Waals surface area (Å²) in [6, 6.07) is 27.4. The molecular formula is C33H30N2O5S. The number of aliphatic carboxylic acids is 1. The molecule has 0 fully saturated rings. The lowest BCUT2D eigenvalue weighted by Crippen LogP contribution is -2.14. The highest BCUT2D eigenvalue weighted by atomic mass is 32.2. The van der Waals surface area contributed by atoms with Crippen LogP contribution in [0, 0.1) is 5.41 Å². The Hall–Kier alpha value is -4.69. The Morgan fingerprint density at radius 1 is 0.805 bits per heavy atom. The molecular weight excluding hydrogens is 536 g/mol. The van der Waals surface area contributed by atoms with Crippen LogP contribution in [0.3, 0.4) is 0 Å². The number of fused-ring (bicyclic) bond motifs is 3. The Morgan fingerprint density at radius 2 is 1.37 bits per heavy atom. The number of carbonyl (C=O) groups is 3. The number of ketones is 2. The molecule has 208 valence electrons. The lowest BCUT2D eigenvalue weighted by Gasteiger charge is -2.06. The normalized spacial score (nSPS) is 10.7. The van der Waals surface area contributed by atoms with Gasteiger partial charge in [-0.1, -0.05) is 30.3 Å². The van der Waals surface area contributed by atoms with Crippen LogP contribution in [-0.4, -0.2) is 43.8 Å². The number of carbonyl (C=O) groups excluding carboxylic acids is 2. The summed E-state index contributed by atoms with van der Waals surface area (Å²) in [6.45, 7) is 3.91. The van der Waals surface area contributed by atoms with Gasteiger partial charge in [-0.3, -0.25) is 14.4 Å². The summed E-state index contributed by atoms with van der Waals surface area (Å²) in [6.07, 6.45) is 0.342. The molecule has 5 rings (SSSR count). The van der Waals surface area contributed by atoms with Gasteiger partial charge in [0.25, 0.3) is 5.97 Å². The van der Waals surface area contributed by atoms with Gasteiger partial charge in [-0.25, -0.2) is 0 Å². The van der Waals surface area contributed by atoms with E-state index in [1.807, 2.05) is 72.8 Å². The Kier molecular flexibility index (Phi) is 9.37. The maximum atomic E-state index is 13.1. The van der Waals surface area contributed by atoms with Crippen LogP contribution in [0.4, 0.5) is 0 Å². The number of hydrogen-bond acceptors (Lipinski definition) is 6. The average Bonchev–Trinajstić information content (AvgIpc) is 3.29. The van der Waals surface area contributed by atoms with E-state index in [-0.39, 0.29) is 23.0 Å². The molecule has 0 radical (unpaired) electrons. The van der Waals surface area contributed by atoms with Gasteiger partial charge in [0, 0.05) is 69.0 Å². The van der Waals surface area contributed by atoms with Crippen molar-refractivity contribution in [3.63, 3.8) is 0 Å². The van der Waals surface area contributed by atoms with Crippen molar-refractivity contribution in [3.05, 3.63) is 108 Å². The monoisotopic (exact) mass is 566 g/mol. The molecule has 0 spiro atoms. The predicted octanol–water partition coefficient (Wildman–Crippen LogP) is 7.23. The van der Waals surface area contributed by atoms with Gasteiger partial charge in [-0.15, -0.1) is 11.8 Å². The second kappa shape index (κ2) is 13.1. The highest BCUT2D eigenvalue weighted by Crippen LogP contribution is 2.32. The summed E-state index contributed by atoms with van der Waals surface area (Å²) < 4.78 is 2.18. The van der Waals surface area contributed by atoms with Crippen molar-refractivity contribution in [3.8, 4) is 5.75 Å². The lowest BCUT2D eigenvalue weighted by atomic mass is 9.99. The number of aromatic hydroxyl groups is 1. The van der Waals surface area contributed by atoms with Crippen molar-refractivity contribution >= 4 is 56.8 Å². The molecule has 3 N–H and O–H groups in total. The number of Topliss-reactive ketones (excluding diaryl/α,β-unsaturated/α-hetero) is 1. The molecule has 0 amide bonds. The molecule has 1 heterocycles. The zero-order valence-electron chi connectivity index (χ0n) is 22.8. The Balaban J connectivity index is 0.000000909. The maximum Gasteiger partial charge on any atom is 0.300 e. The summed E-state index contributed by atoms with van der Waals surface area (Å²) in [7, 11) is 0. The molecule has 0 unspecified atom stereocenters. The SMILES string of the molecule is CC(=O)O.CCn1c2ccc(C(=O)C(=N)CCSc3ccc(O)cc3)cc2c2cc(C(=O)c3ccccc3)ccc21. The van der Waals surface area contributed by atoms with Gasteiger partial charge in [0.2, 0.25) is 5.78 Å². The van der Waals surface area contributed by atoms with Crippen LogP contribution >= 0.6 is 11.8 Å². The maximum absolute atomic E-state index is 13.1. The van der Waals surface area contributed by atoms with E-state index in [4.69, 9.17) is 15.3 Å². The Labute approximate surface area is 241 Å². The highest BCUT2D eigenvalue weighted by Gasteiger charge is 2.18. The number of nitrogens with zero attached hydrogens (tertiary/aromatic N) is 1. The zero-order chi connectivity index (χ0) is 29.5. The number of aryl methyl sites for hydroxylation is 1. The predicted molar refractivity (Wildman–Crippen MR) is 164 cm³/mol. The number of rotatable bonds is 9. The molecule has 0 bridgehead atoms. The average molecular weight is 567 g/mol. The lowest BCUT2D eigenvalue weighted by molar-refractivity contribution is -0.134. The largest absolute Gasteiger partial charge is 0.508 e. The van der Waals surface area contributed by atoms with Crippen molar-refractivity contribution < 1.29 is 24.6 Å². The number of aromatic nitrogens is 1. The number of nitrogens with one attached hydrogen (secondary N) is 1. The first-order valence-corrected chi connectivity index (χ1v) is 14.1. The highest BCUT2D eigenvalue weighted by molar-refractivity contribution is 7.99. The topological polar surface area (TPSA) is 120 Å². The minimum atomic E-state index is -0.833. The van der Waals surface area contributed by atoms with E-state index in [2.05, 4.69) is 11.5 Å². The van der Waals surface area contributed by atoms with Gasteiger partial charge in [-0.2, -0.15) is 0 Å². The van der Waals surface area contributed by atoms with E-state index in [9.17, 15) is 14.7 Å². The second-order valence-corrected chi connectivity index (χ2v) is 10.5. The fraction of sp³-hybridized carbons (Fsp3) is 0.152. The van der Waals surface area contributed by atoms with Crippen LogP contribution in [-0.2, 0) is 11.3 Å². The van der Waals surface area contributed by atoms with E-state index in [1.165, 1.54) is 0 Å². The Morgan fingerprint density at radius 3 is 1.95 bits per heavy atom. The summed E-state index contributed by atoms with van der Waals surface area (Å²) in [5, 5.41) is 27.0. The van der Waals surface area contributed by atoms with Crippen molar-refractivity contribution in [2.24, 2.45) is 0 Å². The van der Waals surface area contributed by atoms with E-state index in [0.717, 1.165) is 40.2 Å². The van der Waals surface area contributed by atoms with Crippen LogP contribution in [0.15, 0.2) is 95.9 Å². The molecule has 5 aromatic rings. The number of thioether (sulfide) groups is 1. The van der Waals surface area contributed by atoms with Crippen molar-refractivity contribution in [1.29, 1.82) is 5.41 Å². The first-order valence-electron chi connectivity index (χ1n) is 13.1. The smallest absolute Gasteiger partial charge is 0.300 e. The summed E-state index contributed by atoms with van der Waals surface area (Å²) in [4.78, 5) is 36.2. The fourth-order valence-electron chi connectivity index (χ4n) is 4.58. The molecule has 41 heavy (non-hydrogen) atoms. The van der Waals surface area contributed by atoms with Gasteiger partial charge >= 0.3 is 0 Å². The summed E-state index contributed by atoms with van der Waals surface area (Å²) >= 11 is 1.54. The first kappa shape index (κ1) is 29.3. The summed E-state index contributed by atoms with van der Waals surface area (Å²) in [5.41, 5.74) is 3.77.